The number of amides is 1. The molecule has 1 atom stereocenters. The molecule has 5 heteroatoms. The number of anilines is 1. The van der Waals surface area contributed by atoms with E-state index < -0.39 is 0 Å². The quantitative estimate of drug-likeness (QED) is 0.866. The van der Waals surface area contributed by atoms with Crippen molar-refractivity contribution >= 4 is 23.2 Å². The molecule has 0 aliphatic rings. The molecule has 4 nitrogen and oxygen atoms in total. The molecule has 0 aliphatic heterocycles. The number of carbonyl (C=O) groups is 1. The van der Waals surface area contributed by atoms with Crippen molar-refractivity contribution in [3.63, 3.8) is 0 Å². The minimum Gasteiger partial charge on any atom is -0.495 e. The van der Waals surface area contributed by atoms with Gasteiger partial charge in [-0.15, -0.1) is 0 Å². The fraction of sp³-hybridized carbons (Fsp3) is 0.500. The van der Waals surface area contributed by atoms with E-state index in [1.54, 1.807) is 12.1 Å². The molecule has 1 aromatic carbocycles. The molecular weight excluding hydrogens is 266 g/mol. The van der Waals surface area contributed by atoms with Crippen molar-refractivity contribution in [2.75, 3.05) is 19.5 Å². The highest BCUT2D eigenvalue weighted by Gasteiger charge is 2.16. The molecule has 19 heavy (non-hydrogen) atoms. The molecule has 106 valence electrons. The second-order valence-corrected chi connectivity index (χ2v) is 4.77. The lowest BCUT2D eigenvalue weighted by atomic mass is 10.1. The average molecular weight is 286 g/mol. The zero-order chi connectivity index (χ0) is 14.4. The molecule has 1 rings (SSSR count). The van der Waals surface area contributed by atoms with Crippen LogP contribution in [-0.4, -0.2) is 20.1 Å². The number of hydrogen-bond donors (Lipinski definition) is 1. The lowest BCUT2D eigenvalue weighted by Gasteiger charge is -2.15. The maximum atomic E-state index is 12.0. The van der Waals surface area contributed by atoms with Crippen molar-refractivity contribution in [1.29, 1.82) is 0 Å². The summed E-state index contributed by atoms with van der Waals surface area (Å²) < 4.78 is 10.3. The van der Waals surface area contributed by atoms with E-state index in [1.807, 2.05) is 6.92 Å². The van der Waals surface area contributed by atoms with Crippen LogP contribution in [-0.2, 0) is 4.79 Å². The summed E-state index contributed by atoms with van der Waals surface area (Å²) in [4.78, 5) is 12.0. The van der Waals surface area contributed by atoms with Gasteiger partial charge in [0, 0.05) is 18.1 Å². The fourth-order valence-electron chi connectivity index (χ4n) is 1.78. The van der Waals surface area contributed by atoms with E-state index in [0.29, 0.717) is 22.2 Å². The number of hydrogen-bond acceptors (Lipinski definition) is 3. The zero-order valence-corrected chi connectivity index (χ0v) is 12.5. The SMILES string of the molecule is CCC[C@@H](C)C(=O)Nc1cc(OC)c(Cl)cc1OC. The van der Waals surface area contributed by atoms with Crippen LogP contribution in [0.15, 0.2) is 12.1 Å². The van der Waals surface area contributed by atoms with Gasteiger partial charge >= 0.3 is 0 Å². The maximum Gasteiger partial charge on any atom is 0.227 e. The van der Waals surface area contributed by atoms with Crippen molar-refractivity contribution in [3.05, 3.63) is 17.2 Å². The molecule has 0 radical (unpaired) electrons. The minimum absolute atomic E-state index is 0.0375. The number of rotatable bonds is 6. The molecule has 0 spiro atoms. The highest BCUT2D eigenvalue weighted by atomic mass is 35.5. The van der Waals surface area contributed by atoms with Crippen LogP contribution in [0.25, 0.3) is 0 Å². The normalized spacial score (nSPS) is 11.8. The van der Waals surface area contributed by atoms with E-state index in [1.165, 1.54) is 14.2 Å². The Kier molecular flexibility index (Phi) is 5.96. The molecule has 0 unspecified atom stereocenters. The number of carbonyl (C=O) groups excluding carboxylic acids is 1. The lowest BCUT2D eigenvalue weighted by Crippen LogP contribution is -2.20. The summed E-state index contributed by atoms with van der Waals surface area (Å²) in [5.74, 6) is 0.935. The van der Waals surface area contributed by atoms with Gasteiger partial charge in [-0.05, 0) is 6.42 Å². The molecule has 0 aromatic heterocycles. The van der Waals surface area contributed by atoms with Gasteiger partial charge in [0.25, 0.3) is 0 Å². The number of ether oxygens (including phenoxy) is 2. The third kappa shape index (κ3) is 4.03. The predicted molar refractivity (Wildman–Crippen MR) is 77.3 cm³/mol. The monoisotopic (exact) mass is 285 g/mol. The van der Waals surface area contributed by atoms with E-state index >= 15 is 0 Å². The number of halogens is 1. The minimum atomic E-state index is -0.0450. The summed E-state index contributed by atoms with van der Waals surface area (Å²) in [6.45, 7) is 3.95. The van der Waals surface area contributed by atoms with Gasteiger partial charge in [0.05, 0.1) is 24.9 Å². The number of methoxy groups -OCH3 is 2. The van der Waals surface area contributed by atoms with Crippen LogP contribution in [0.3, 0.4) is 0 Å². The Morgan fingerprint density at radius 3 is 2.47 bits per heavy atom. The topological polar surface area (TPSA) is 47.6 Å². The fourth-order valence-corrected chi connectivity index (χ4v) is 2.01. The van der Waals surface area contributed by atoms with E-state index in [0.717, 1.165) is 12.8 Å². The summed E-state index contributed by atoms with van der Waals surface area (Å²) in [5.41, 5.74) is 0.566. The first-order valence-electron chi connectivity index (χ1n) is 6.25. The molecule has 1 aromatic rings. The highest BCUT2D eigenvalue weighted by molar-refractivity contribution is 6.32. The largest absolute Gasteiger partial charge is 0.495 e. The van der Waals surface area contributed by atoms with Crippen molar-refractivity contribution in [1.82, 2.24) is 0 Å². The molecule has 0 bridgehead atoms. The van der Waals surface area contributed by atoms with Gasteiger partial charge in [0.2, 0.25) is 5.91 Å². The predicted octanol–water partition coefficient (Wildman–Crippen LogP) is 3.73. The second kappa shape index (κ2) is 7.24. The van der Waals surface area contributed by atoms with Crippen molar-refractivity contribution in [3.8, 4) is 11.5 Å². The van der Waals surface area contributed by atoms with E-state index in [4.69, 9.17) is 21.1 Å². The van der Waals surface area contributed by atoms with Crippen molar-refractivity contribution in [2.24, 2.45) is 5.92 Å². The Morgan fingerprint density at radius 2 is 1.95 bits per heavy atom. The Hall–Kier alpha value is -1.42. The number of nitrogens with one attached hydrogen (secondary N) is 1. The van der Waals surface area contributed by atoms with Gasteiger partial charge in [-0.25, -0.2) is 0 Å². The third-order valence-corrected chi connectivity index (χ3v) is 3.20. The lowest BCUT2D eigenvalue weighted by molar-refractivity contribution is -0.119. The summed E-state index contributed by atoms with van der Waals surface area (Å²) >= 11 is 6.01. The smallest absolute Gasteiger partial charge is 0.227 e. The zero-order valence-electron chi connectivity index (χ0n) is 11.7. The third-order valence-electron chi connectivity index (χ3n) is 2.90. The molecule has 1 amide bonds. The van der Waals surface area contributed by atoms with Gasteiger partial charge in [0.15, 0.2) is 0 Å². The van der Waals surface area contributed by atoms with Gasteiger partial charge < -0.3 is 14.8 Å². The van der Waals surface area contributed by atoms with Crippen LogP contribution < -0.4 is 14.8 Å². The van der Waals surface area contributed by atoms with Crippen molar-refractivity contribution in [2.45, 2.75) is 26.7 Å². The van der Waals surface area contributed by atoms with E-state index in [2.05, 4.69) is 12.2 Å². The van der Waals surface area contributed by atoms with Crippen LogP contribution in [0, 0.1) is 5.92 Å². The molecule has 0 saturated heterocycles. The van der Waals surface area contributed by atoms with Gasteiger partial charge in [-0.1, -0.05) is 31.9 Å². The Bertz CT molecular complexity index is 449. The van der Waals surface area contributed by atoms with E-state index in [9.17, 15) is 4.79 Å². The van der Waals surface area contributed by atoms with Crippen LogP contribution in [0.1, 0.15) is 26.7 Å². The van der Waals surface area contributed by atoms with Gasteiger partial charge in [-0.2, -0.15) is 0 Å². The number of benzene rings is 1. The Balaban J connectivity index is 2.96. The molecule has 0 fully saturated rings. The summed E-state index contributed by atoms with van der Waals surface area (Å²) in [6.07, 6.45) is 1.81. The van der Waals surface area contributed by atoms with Gasteiger partial charge in [0.1, 0.15) is 11.5 Å². The summed E-state index contributed by atoms with van der Waals surface area (Å²) in [6, 6.07) is 3.29. The van der Waals surface area contributed by atoms with E-state index in [-0.39, 0.29) is 11.8 Å². The Morgan fingerprint density at radius 1 is 1.32 bits per heavy atom. The molecule has 0 aliphatic carbocycles. The standard InChI is InChI=1S/C14H20ClNO3/c1-5-6-9(2)14(17)16-11-8-12(18-3)10(15)7-13(11)19-4/h7-9H,5-6H2,1-4H3,(H,16,17)/t9-/m1/s1. The first-order valence-corrected chi connectivity index (χ1v) is 6.63. The molecule has 0 saturated carbocycles. The molecule has 1 N–H and O–H groups in total. The Labute approximate surface area is 119 Å². The first-order chi connectivity index (χ1) is 9.03. The van der Waals surface area contributed by atoms with Crippen LogP contribution in [0.5, 0.6) is 11.5 Å². The first kappa shape index (κ1) is 15.6. The van der Waals surface area contributed by atoms with Crippen LogP contribution >= 0.6 is 11.6 Å². The maximum absolute atomic E-state index is 12.0. The molecule has 0 heterocycles. The van der Waals surface area contributed by atoms with Crippen molar-refractivity contribution < 1.29 is 14.3 Å². The molecular formula is C14H20ClNO3. The summed E-state index contributed by atoms with van der Waals surface area (Å²) in [5, 5.41) is 3.29. The average Bonchev–Trinajstić information content (AvgIpc) is 2.40. The van der Waals surface area contributed by atoms with Crippen LogP contribution in [0.4, 0.5) is 5.69 Å². The van der Waals surface area contributed by atoms with Gasteiger partial charge in [-0.3, -0.25) is 4.79 Å². The second-order valence-electron chi connectivity index (χ2n) is 4.37. The van der Waals surface area contributed by atoms with Crippen LogP contribution in [0.2, 0.25) is 5.02 Å². The summed E-state index contributed by atoms with van der Waals surface area (Å²) in [7, 11) is 3.06. The highest BCUT2D eigenvalue weighted by Crippen LogP contribution is 2.36.